The SMILES string of the molecule is CCCOCCCNC(=O)CCCC(C)N. The molecule has 1 amide bonds. The number of ether oxygens (including phenoxy) is 1. The largest absolute Gasteiger partial charge is 0.381 e. The highest BCUT2D eigenvalue weighted by atomic mass is 16.5. The van der Waals surface area contributed by atoms with Crippen molar-refractivity contribution in [1.82, 2.24) is 5.32 Å². The summed E-state index contributed by atoms with van der Waals surface area (Å²) in [6, 6.07) is 0.190. The fourth-order valence-electron chi connectivity index (χ4n) is 1.32. The predicted molar refractivity (Wildman–Crippen MR) is 66.2 cm³/mol. The average Bonchev–Trinajstić information content (AvgIpc) is 2.22. The number of hydrogen-bond donors (Lipinski definition) is 2. The molecule has 0 saturated carbocycles. The monoisotopic (exact) mass is 230 g/mol. The van der Waals surface area contributed by atoms with E-state index >= 15 is 0 Å². The van der Waals surface area contributed by atoms with E-state index in [1.165, 1.54) is 0 Å². The van der Waals surface area contributed by atoms with Gasteiger partial charge in [-0.05, 0) is 32.6 Å². The van der Waals surface area contributed by atoms with Crippen molar-refractivity contribution in [1.29, 1.82) is 0 Å². The van der Waals surface area contributed by atoms with Crippen LogP contribution in [0.1, 0.15) is 46.0 Å². The molecule has 0 heterocycles. The smallest absolute Gasteiger partial charge is 0.219 e. The molecule has 4 heteroatoms. The fraction of sp³-hybridized carbons (Fsp3) is 0.917. The van der Waals surface area contributed by atoms with E-state index in [2.05, 4.69) is 12.2 Å². The first-order valence-electron chi connectivity index (χ1n) is 6.26. The van der Waals surface area contributed by atoms with Gasteiger partial charge < -0.3 is 15.8 Å². The molecule has 0 spiro atoms. The summed E-state index contributed by atoms with van der Waals surface area (Å²) in [5.74, 6) is 0.121. The van der Waals surface area contributed by atoms with E-state index in [1.54, 1.807) is 0 Å². The number of rotatable bonds is 10. The summed E-state index contributed by atoms with van der Waals surface area (Å²) in [4.78, 5) is 11.3. The predicted octanol–water partition coefficient (Wildman–Crippen LogP) is 1.44. The minimum atomic E-state index is 0.121. The molecule has 0 aliphatic carbocycles. The van der Waals surface area contributed by atoms with Gasteiger partial charge in [-0.3, -0.25) is 4.79 Å². The van der Waals surface area contributed by atoms with Gasteiger partial charge in [-0.1, -0.05) is 6.92 Å². The molecular weight excluding hydrogens is 204 g/mol. The van der Waals surface area contributed by atoms with Gasteiger partial charge in [0, 0.05) is 32.2 Å². The van der Waals surface area contributed by atoms with Gasteiger partial charge in [-0.2, -0.15) is 0 Å². The standard InChI is InChI=1S/C12H26N2O2/c1-3-9-16-10-5-8-14-12(15)7-4-6-11(2)13/h11H,3-10,13H2,1-2H3,(H,14,15). The Morgan fingerprint density at radius 2 is 2.12 bits per heavy atom. The molecule has 0 aromatic heterocycles. The van der Waals surface area contributed by atoms with Crippen LogP contribution in [0.15, 0.2) is 0 Å². The summed E-state index contributed by atoms with van der Waals surface area (Å²) >= 11 is 0. The third-order valence-electron chi connectivity index (χ3n) is 2.20. The second-order valence-electron chi connectivity index (χ2n) is 4.19. The highest BCUT2D eigenvalue weighted by Crippen LogP contribution is 1.97. The summed E-state index contributed by atoms with van der Waals surface area (Å²) in [7, 11) is 0. The molecule has 0 fully saturated rings. The Morgan fingerprint density at radius 3 is 2.75 bits per heavy atom. The lowest BCUT2D eigenvalue weighted by atomic mass is 10.1. The molecule has 0 saturated heterocycles. The van der Waals surface area contributed by atoms with Crippen LogP contribution in [0.5, 0.6) is 0 Å². The summed E-state index contributed by atoms with van der Waals surface area (Å²) in [5, 5.41) is 2.87. The van der Waals surface area contributed by atoms with Gasteiger partial charge in [-0.25, -0.2) is 0 Å². The first kappa shape index (κ1) is 15.4. The van der Waals surface area contributed by atoms with Crippen molar-refractivity contribution in [2.24, 2.45) is 5.73 Å². The molecular formula is C12H26N2O2. The molecule has 4 nitrogen and oxygen atoms in total. The highest BCUT2D eigenvalue weighted by molar-refractivity contribution is 5.75. The molecule has 96 valence electrons. The van der Waals surface area contributed by atoms with Crippen LogP contribution in [0.25, 0.3) is 0 Å². The summed E-state index contributed by atoms with van der Waals surface area (Å²) < 4.78 is 5.31. The van der Waals surface area contributed by atoms with Crippen LogP contribution < -0.4 is 11.1 Å². The number of carbonyl (C=O) groups excluding carboxylic acids is 1. The van der Waals surface area contributed by atoms with E-state index < -0.39 is 0 Å². The lowest BCUT2D eigenvalue weighted by molar-refractivity contribution is -0.121. The third kappa shape index (κ3) is 11.5. The molecule has 16 heavy (non-hydrogen) atoms. The molecule has 0 aliphatic heterocycles. The molecule has 0 aromatic carbocycles. The minimum absolute atomic E-state index is 0.121. The van der Waals surface area contributed by atoms with Crippen molar-refractivity contribution in [3.8, 4) is 0 Å². The highest BCUT2D eigenvalue weighted by Gasteiger charge is 2.01. The van der Waals surface area contributed by atoms with Crippen LogP contribution >= 0.6 is 0 Å². The average molecular weight is 230 g/mol. The lowest BCUT2D eigenvalue weighted by Gasteiger charge is -2.06. The van der Waals surface area contributed by atoms with Gasteiger partial charge in [0.25, 0.3) is 0 Å². The molecule has 0 aromatic rings. The van der Waals surface area contributed by atoms with Crippen molar-refractivity contribution in [2.45, 2.75) is 52.0 Å². The number of carbonyl (C=O) groups is 1. The van der Waals surface area contributed by atoms with Gasteiger partial charge in [0.1, 0.15) is 0 Å². The van der Waals surface area contributed by atoms with Crippen LogP contribution in [0.4, 0.5) is 0 Å². The van der Waals surface area contributed by atoms with Crippen LogP contribution in [0, 0.1) is 0 Å². The van der Waals surface area contributed by atoms with Crippen LogP contribution in [0.3, 0.4) is 0 Å². The van der Waals surface area contributed by atoms with Gasteiger partial charge in [0.2, 0.25) is 5.91 Å². The van der Waals surface area contributed by atoms with Crippen LogP contribution in [0.2, 0.25) is 0 Å². The third-order valence-corrected chi connectivity index (χ3v) is 2.20. The summed E-state index contributed by atoms with van der Waals surface area (Å²) in [6.07, 6.45) is 4.29. The van der Waals surface area contributed by atoms with E-state index in [1.807, 2.05) is 6.92 Å². The number of hydrogen-bond acceptors (Lipinski definition) is 3. The Balaban J connectivity index is 3.17. The van der Waals surface area contributed by atoms with E-state index in [9.17, 15) is 4.79 Å². The first-order chi connectivity index (χ1) is 7.66. The van der Waals surface area contributed by atoms with Gasteiger partial charge >= 0.3 is 0 Å². The fourth-order valence-corrected chi connectivity index (χ4v) is 1.32. The normalized spacial score (nSPS) is 12.4. The Morgan fingerprint density at radius 1 is 1.38 bits per heavy atom. The number of nitrogens with one attached hydrogen (secondary N) is 1. The van der Waals surface area contributed by atoms with Crippen molar-refractivity contribution >= 4 is 5.91 Å². The van der Waals surface area contributed by atoms with Gasteiger partial charge in [-0.15, -0.1) is 0 Å². The molecule has 0 aliphatic rings. The molecule has 0 rings (SSSR count). The number of amides is 1. The van der Waals surface area contributed by atoms with Crippen molar-refractivity contribution in [3.05, 3.63) is 0 Å². The lowest BCUT2D eigenvalue weighted by Crippen LogP contribution is -2.25. The maximum Gasteiger partial charge on any atom is 0.219 e. The molecule has 1 unspecified atom stereocenters. The Hall–Kier alpha value is -0.610. The van der Waals surface area contributed by atoms with Crippen LogP contribution in [-0.4, -0.2) is 31.7 Å². The first-order valence-corrected chi connectivity index (χ1v) is 6.26. The Bertz CT molecular complexity index is 172. The van der Waals surface area contributed by atoms with Gasteiger partial charge in [0.05, 0.1) is 0 Å². The van der Waals surface area contributed by atoms with E-state index in [0.29, 0.717) is 13.0 Å². The zero-order chi connectivity index (χ0) is 12.2. The maximum absolute atomic E-state index is 11.3. The van der Waals surface area contributed by atoms with E-state index in [0.717, 1.165) is 38.9 Å². The second-order valence-corrected chi connectivity index (χ2v) is 4.19. The zero-order valence-electron chi connectivity index (χ0n) is 10.6. The Labute approximate surface area is 98.9 Å². The molecule has 3 N–H and O–H groups in total. The maximum atomic E-state index is 11.3. The topological polar surface area (TPSA) is 64.3 Å². The van der Waals surface area contributed by atoms with E-state index in [4.69, 9.17) is 10.5 Å². The van der Waals surface area contributed by atoms with Crippen molar-refractivity contribution in [3.63, 3.8) is 0 Å². The van der Waals surface area contributed by atoms with E-state index in [-0.39, 0.29) is 11.9 Å². The quantitative estimate of drug-likeness (QED) is 0.558. The Kier molecular flexibility index (Phi) is 10.5. The van der Waals surface area contributed by atoms with Crippen LogP contribution in [-0.2, 0) is 9.53 Å². The minimum Gasteiger partial charge on any atom is -0.381 e. The zero-order valence-corrected chi connectivity index (χ0v) is 10.6. The summed E-state index contributed by atoms with van der Waals surface area (Å²) in [6.45, 7) is 6.29. The number of nitrogens with two attached hydrogens (primary N) is 1. The van der Waals surface area contributed by atoms with Crippen molar-refractivity contribution in [2.75, 3.05) is 19.8 Å². The molecule has 0 radical (unpaired) electrons. The molecule has 0 bridgehead atoms. The molecule has 1 atom stereocenters. The second kappa shape index (κ2) is 10.9. The summed E-state index contributed by atoms with van der Waals surface area (Å²) in [5.41, 5.74) is 5.60. The van der Waals surface area contributed by atoms with Crippen molar-refractivity contribution < 1.29 is 9.53 Å². The van der Waals surface area contributed by atoms with Gasteiger partial charge in [0.15, 0.2) is 0 Å².